The largest absolute Gasteiger partial charge is 0.497 e. The lowest BCUT2D eigenvalue weighted by molar-refractivity contribution is -0.117. The van der Waals surface area contributed by atoms with Crippen LogP contribution < -0.4 is 29.0 Å². The number of carbonyl (C=O) groups is 1. The van der Waals surface area contributed by atoms with Crippen LogP contribution in [0.2, 0.25) is 0 Å². The summed E-state index contributed by atoms with van der Waals surface area (Å²) in [7, 11) is 9.65. The number of hydrogen-bond acceptors (Lipinski definition) is 7. The lowest BCUT2D eigenvalue weighted by atomic mass is 10.1. The van der Waals surface area contributed by atoms with E-state index in [9.17, 15) is 4.79 Å². The van der Waals surface area contributed by atoms with Crippen LogP contribution in [0.25, 0.3) is 0 Å². The average Bonchev–Trinajstić information content (AvgIpc) is 2.72. The van der Waals surface area contributed by atoms with Crippen LogP contribution in [0.3, 0.4) is 0 Å². The highest BCUT2D eigenvalue weighted by Crippen LogP contribution is 2.39. The summed E-state index contributed by atoms with van der Waals surface area (Å²) in [5, 5.41) is 2.86. The first-order valence-electron chi connectivity index (χ1n) is 8.95. The Balaban J connectivity index is 2.05. The Labute approximate surface area is 171 Å². The third-order valence-corrected chi connectivity index (χ3v) is 4.30. The second-order valence-electron chi connectivity index (χ2n) is 6.31. The number of rotatable bonds is 10. The molecule has 0 spiro atoms. The second kappa shape index (κ2) is 10.4. The number of benzene rings is 2. The Hall–Kier alpha value is -3.13. The molecule has 29 heavy (non-hydrogen) atoms. The average molecular weight is 404 g/mol. The topological polar surface area (TPSA) is 78.5 Å². The number of likely N-dealkylation sites (N-methyl/N-ethyl adjacent to an activating group) is 1. The van der Waals surface area contributed by atoms with Crippen molar-refractivity contribution in [3.63, 3.8) is 0 Å². The van der Waals surface area contributed by atoms with Crippen molar-refractivity contribution in [2.24, 2.45) is 0 Å². The molecule has 8 heteroatoms. The van der Waals surface area contributed by atoms with E-state index in [4.69, 9.17) is 23.7 Å². The summed E-state index contributed by atoms with van der Waals surface area (Å²) >= 11 is 0. The van der Waals surface area contributed by atoms with Crippen molar-refractivity contribution in [2.75, 3.05) is 54.5 Å². The molecule has 0 aliphatic rings. The van der Waals surface area contributed by atoms with Crippen molar-refractivity contribution in [2.45, 2.75) is 6.54 Å². The number of nitrogens with zero attached hydrogens (tertiary/aromatic N) is 1. The Morgan fingerprint density at radius 2 is 1.48 bits per heavy atom. The molecule has 0 radical (unpaired) electrons. The molecule has 0 atom stereocenters. The van der Waals surface area contributed by atoms with Gasteiger partial charge >= 0.3 is 0 Å². The Morgan fingerprint density at radius 1 is 0.862 bits per heavy atom. The Morgan fingerprint density at radius 3 is 2.00 bits per heavy atom. The summed E-state index contributed by atoms with van der Waals surface area (Å²) in [4.78, 5) is 14.4. The van der Waals surface area contributed by atoms with Gasteiger partial charge in [-0.1, -0.05) is 6.07 Å². The molecule has 0 aliphatic heterocycles. The van der Waals surface area contributed by atoms with Gasteiger partial charge < -0.3 is 29.0 Å². The van der Waals surface area contributed by atoms with Crippen LogP contribution in [0.4, 0.5) is 5.69 Å². The Kier molecular flexibility index (Phi) is 7.97. The zero-order valence-corrected chi connectivity index (χ0v) is 17.7. The van der Waals surface area contributed by atoms with E-state index in [2.05, 4.69) is 5.32 Å². The van der Waals surface area contributed by atoms with E-state index in [0.717, 1.165) is 5.56 Å². The van der Waals surface area contributed by atoms with Gasteiger partial charge in [0.05, 0.1) is 42.1 Å². The van der Waals surface area contributed by atoms with Gasteiger partial charge in [-0.25, -0.2) is 0 Å². The van der Waals surface area contributed by atoms with E-state index in [1.54, 1.807) is 26.4 Å². The van der Waals surface area contributed by atoms with Gasteiger partial charge in [-0.2, -0.15) is 0 Å². The van der Waals surface area contributed by atoms with Crippen molar-refractivity contribution in [1.82, 2.24) is 4.90 Å². The lowest BCUT2D eigenvalue weighted by Crippen LogP contribution is -2.30. The molecular formula is C21H28N2O6. The number of nitrogens with one attached hydrogen (secondary N) is 1. The number of amides is 1. The molecule has 2 aromatic rings. The van der Waals surface area contributed by atoms with Crippen LogP contribution in [0.15, 0.2) is 30.3 Å². The standard InChI is InChI=1S/C21H28N2O6/c1-23(12-14-7-8-16(25-2)11-17(14)26-3)13-20(24)22-15-9-18(27-4)21(29-6)19(10-15)28-5/h7-11H,12-13H2,1-6H3,(H,22,24). The lowest BCUT2D eigenvalue weighted by Gasteiger charge is -2.19. The van der Waals surface area contributed by atoms with Crippen LogP contribution in [0.1, 0.15) is 5.56 Å². The molecule has 158 valence electrons. The van der Waals surface area contributed by atoms with Gasteiger partial charge in [-0.3, -0.25) is 9.69 Å². The molecular weight excluding hydrogens is 376 g/mol. The minimum Gasteiger partial charge on any atom is -0.497 e. The van der Waals surface area contributed by atoms with Gasteiger partial charge in [-0.05, 0) is 13.1 Å². The van der Waals surface area contributed by atoms with Crippen LogP contribution in [-0.4, -0.2) is 59.9 Å². The second-order valence-corrected chi connectivity index (χ2v) is 6.31. The summed E-state index contributed by atoms with van der Waals surface area (Å²) in [6.45, 7) is 0.724. The van der Waals surface area contributed by atoms with E-state index in [1.807, 2.05) is 30.1 Å². The molecule has 8 nitrogen and oxygen atoms in total. The summed E-state index contributed by atoms with van der Waals surface area (Å²) in [5.41, 5.74) is 1.51. The quantitative estimate of drug-likeness (QED) is 0.652. The SMILES string of the molecule is COc1ccc(CN(C)CC(=O)Nc2cc(OC)c(OC)c(OC)c2)c(OC)c1. The van der Waals surface area contributed by atoms with Crippen molar-refractivity contribution in [1.29, 1.82) is 0 Å². The summed E-state index contributed by atoms with van der Waals surface area (Å²) < 4.78 is 26.6. The van der Waals surface area contributed by atoms with E-state index in [-0.39, 0.29) is 12.5 Å². The molecule has 1 amide bonds. The number of anilines is 1. The summed E-state index contributed by atoms with van der Waals surface area (Å²) in [5.74, 6) is 2.66. The fraction of sp³-hybridized carbons (Fsp3) is 0.381. The predicted molar refractivity (Wildman–Crippen MR) is 111 cm³/mol. The maximum Gasteiger partial charge on any atom is 0.238 e. The molecule has 0 unspecified atom stereocenters. The molecule has 0 saturated carbocycles. The molecule has 0 heterocycles. The van der Waals surface area contributed by atoms with Gasteiger partial charge in [0.2, 0.25) is 11.7 Å². The molecule has 0 aromatic heterocycles. The van der Waals surface area contributed by atoms with Crippen molar-refractivity contribution < 1.29 is 28.5 Å². The highest BCUT2D eigenvalue weighted by atomic mass is 16.5. The predicted octanol–water partition coefficient (Wildman–Crippen LogP) is 2.80. The fourth-order valence-electron chi connectivity index (χ4n) is 2.93. The summed E-state index contributed by atoms with van der Waals surface area (Å²) in [6.07, 6.45) is 0. The maximum absolute atomic E-state index is 12.5. The van der Waals surface area contributed by atoms with Crippen LogP contribution in [-0.2, 0) is 11.3 Å². The number of ether oxygens (including phenoxy) is 5. The fourth-order valence-corrected chi connectivity index (χ4v) is 2.93. The maximum atomic E-state index is 12.5. The first kappa shape index (κ1) is 22.2. The van der Waals surface area contributed by atoms with E-state index in [0.29, 0.717) is 41.0 Å². The van der Waals surface area contributed by atoms with Gasteiger partial charge in [-0.15, -0.1) is 0 Å². The zero-order chi connectivity index (χ0) is 21.4. The van der Waals surface area contributed by atoms with E-state index >= 15 is 0 Å². The molecule has 2 aromatic carbocycles. The molecule has 2 rings (SSSR count). The highest BCUT2D eigenvalue weighted by Gasteiger charge is 2.16. The van der Waals surface area contributed by atoms with Gasteiger partial charge in [0.1, 0.15) is 11.5 Å². The first-order chi connectivity index (χ1) is 13.9. The zero-order valence-electron chi connectivity index (χ0n) is 17.7. The highest BCUT2D eigenvalue weighted by molar-refractivity contribution is 5.93. The molecule has 0 aliphatic carbocycles. The van der Waals surface area contributed by atoms with Gasteiger partial charge in [0.15, 0.2) is 11.5 Å². The normalized spacial score (nSPS) is 10.4. The smallest absolute Gasteiger partial charge is 0.238 e. The molecule has 0 bridgehead atoms. The molecule has 0 saturated heterocycles. The monoisotopic (exact) mass is 404 g/mol. The van der Waals surface area contributed by atoms with Gasteiger partial charge in [0, 0.05) is 36.0 Å². The van der Waals surface area contributed by atoms with Crippen molar-refractivity contribution in [3.8, 4) is 28.7 Å². The minimum atomic E-state index is -0.172. The number of hydrogen-bond donors (Lipinski definition) is 1. The van der Waals surface area contributed by atoms with Crippen LogP contribution in [0.5, 0.6) is 28.7 Å². The van der Waals surface area contributed by atoms with Crippen LogP contribution in [0, 0.1) is 0 Å². The van der Waals surface area contributed by atoms with E-state index in [1.165, 1.54) is 21.3 Å². The Bertz CT molecular complexity index is 815. The minimum absolute atomic E-state index is 0.172. The first-order valence-corrected chi connectivity index (χ1v) is 8.95. The van der Waals surface area contributed by atoms with Crippen molar-refractivity contribution in [3.05, 3.63) is 35.9 Å². The molecule has 1 N–H and O–H groups in total. The third kappa shape index (κ3) is 5.68. The van der Waals surface area contributed by atoms with E-state index < -0.39 is 0 Å². The number of methoxy groups -OCH3 is 5. The van der Waals surface area contributed by atoms with Crippen molar-refractivity contribution >= 4 is 11.6 Å². The summed E-state index contributed by atoms with van der Waals surface area (Å²) in [6, 6.07) is 8.98. The molecule has 0 fully saturated rings. The third-order valence-electron chi connectivity index (χ3n) is 4.30. The van der Waals surface area contributed by atoms with Crippen LogP contribution >= 0.6 is 0 Å². The van der Waals surface area contributed by atoms with Gasteiger partial charge in [0.25, 0.3) is 0 Å². The number of carbonyl (C=O) groups excluding carboxylic acids is 1.